The highest BCUT2D eigenvalue weighted by atomic mass is 35.5. The van der Waals surface area contributed by atoms with Crippen LogP contribution in [0.3, 0.4) is 0 Å². The molecule has 0 saturated carbocycles. The first-order chi connectivity index (χ1) is 6.61. The summed E-state index contributed by atoms with van der Waals surface area (Å²) in [6, 6.07) is 1.64. The van der Waals surface area contributed by atoms with Gasteiger partial charge in [-0.05, 0) is 0 Å². The summed E-state index contributed by atoms with van der Waals surface area (Å²) in [4.78, 5) is 3.56. The van der Waals surface area contributed by atoms with Gasteiger partial charge in [-0.15, -0.1) is 0 Å². The van der Waals surface area contributed by atoms with E-state index in [-0.39, 0.29) is 16.5 Å². The van der Waals surface area contributed by atoms with Crippen LogP contribution in [0, 0.1) is 11.3 Å². The molecule has 1 rings (SSSR count). The van der Waals surface area contributed by atoms with Crippen LogP contribution in [-0.4, -0.2) is 12.1 Å². The fourth-order valence-corrected chi connectivity index (χ4v) is 1.19. The minimum atomic E-state index is -2.80. The Labute approximate surface area is 83.9 Å². The van der Waals surface area contributed by atoms with Crippen molar-refractivity contribution in [2.24, 2.45) is 0 Å². The van der Waals surface area contributed by atoms with Gasteiger partial charge in [-0.3, -0.25) is 0 Å². The third-order valence-corrected chi connectivity index (χ3v) is 1.85. The molecule has 3 nitrogen and oxygen atoms in total. The number of nitriles is 1. The molecule has 74 valence electrons. The average Bonchev–Trinajstić information content (AvgIpc) is 2.16. The van der Waals surface area contributed by atoms with Crippen molar-refractivity contribution in [3.05, 3.63) is 22.5 Å². The van der Waals surface area contributed by atoms with E-state index in [9.17, 15) is 8.78 Å². The van der Waals surface area contributed by atoms with Crippen LogP contribution >= 0.6 is 11.6 Å². The molecule has 0 bridgehead atoms. The first-order valence-electron chi connectivity index (χ1n) is 3.52. The number of aromatic nitrogens is 1. The molecular weight excluding hydrogens is 214 g/mol. The molecule has 0 spiro atoms. The number of halogens is 3. The fourth-order valence-electron chi connectivity index (χ4n) is 0.975. The SMILES string of the molecule is COc1c(C#N)ncc(Cl)c1C(F)F. The average molecular weight is 219 g/mol. The van der Waals surface area contributed by atoms with Crippen molar-refractivity contribution >= 4 is 11.6 Å². The number of nitrogens with zero attached hydrogens (tertiary/aromatic N) is 2. The molecule has 0 fully saturated rings. The number of ether oxygens (including phenoxy) is 1. The summed E-state index contributed by atoms with van der Waals surface area (Å²) in [5, 5.41) is 8.35. The summed E-state index contributed by atoms with van der Waals surface area (Å²) in [6.07, 6.45) is -1.79. The van der Waals surface area contributed by atoms with Gasteiger partial charge in [0, 0.05) is 6.20 Å². The molecule has 1 heterocycles. The maximum Gasteiger partial charge on any atom is 0.269 e. The van der Waals surface area contributed by atoms with Gasteiger partial charge < -0.3 is 4.74 Å². The Bertz CT molecular complexity index is 390. The largest absolute Gasteiger partial charge is 0.493 e. The number of hydrogen-bond acceptors (Lipinski definition) is 3. The van der Waals surface area contributed by atoms with Gasteiger partial charge >= 0.3 is 0 Å². The Morgan fingerprint density at radius 3 is 2.71 bits per heavy atom. The van der Waals surface area contributed by atoms with Crippen LogP contribution < -0.4 is 4.74 Å². The molecule has 0 aliphatic heterocycles. The van der Waals surface area contributed by atoms with Crippen molar-refractivity contribution in [1.82, 2.24) is 4.98 Å². The minimum Gasteiger partial charge on any atom is -0.493 e. The standard InChI is InChI=1S/C8H5ClF2N2O/c1-14-7-5(2-12)13-3-4(9)6(7)8(10)11/h3,8H,1H3. The zero-order valence-electron chi connectivity index (χ0n) is 7.09. The minimum absolute atomic E-state index is 0.202. The van der Waals surface area contributed by atoms with Gasteiger partial charge in [-0.2, -0.15) is 5.26 Å². The van der Waals surface area contributed by atoms with E-state index in [4.69, 9.17) is 16.9 Å². The number of rotatable bonds is 2. The van der Waals surface area contributed by atoms with E-state index < -0.39 is 12.0 Å². The Hall–Kier alpha value is -1.41. The normalized spacial score (nSPS) is 10.0. The van der Waals surface area contributed by atoms with Gasteiger partial charge in [-0.25, -0.2) is 13.8 Å². The van der Waals surface area contributed by atoms with Crippen molar-refractivity contribution in [1.29, 1.82) is 5.26 Å². The Kier molecular flexibility index (Phi) is 3.20. The van der Waals surface area contributed by atoms with E-state index in [0.29, 0.717) is 0 Å². The highest BCUT2D eigenvalue weighted by Crippen LogP contribution is 2.36. The second-order valence-corrected chi connectivity index (χ2v) is 2.72. The number of methoxy groups -OCH3 is 1. The lowest BCUT2D eigenvalue weighted by molar-refractivity contribution is 0.147. The number of hydrogen-bond donors (Lipinski definition) is 0. The highest BCUT2D eigenvalue weighted by Gasteiger charge is 2.22. The summed E-state index contributed by atoms with van der Waals surface area (Å²) in [5.41, 5.74) is -0.701. The predicted molar refractivity (Wildman–Crippen MR) is 45.5 cm³/mol. The number of pyridine rings is 1. The van der Waals surface area contributed by atoms with Gasteiger partial charge in [0.2, 0.25) is 0 Å². The number of alkyl halides is 2. The van der Waals surface area contributed by atoms with Crippen molar-refractivity contribution < 1.29 is 13.5 Å². The summed E-state index contributed by atoms with van der Waals surface area (Å²) < 4.78 is 29.6. The van der Waals surface area contributed by atoms with Crippen LogP contribution in [0.25, 0.3) is 0 Å². The molecule has 0 aliphatic carbocycles. The van der Waals surface area contributed by atoms with E-state index in [1.807, 2.05) is 0 Å². The summed E-state index contributed by atoms with van der Waals surface area (Å²) in [7, 11) is 1.18. The fraction of sp³-hybridized carbons (Fsp3) is 0.250. The quantitative estimate of drug-likeness (QED) is 0.766. The monoisotopic (exact) mass is 218 g/mol. The third kappa shape index (κ3) is 1.75. The molecule has 0 saturated heterocycles. The molecule has 6 heteroatoms. The molecule has 0 unspecified atom stereocenters. The maximum atomic E-state index is 12.5. The molecule has 0 N–H and O–H groups in total. The van der Waals surface area contributed by atoms with Crippen molar-refractivity contribution in [2.75, 3.05) is 7.11 Å². The van der Waals surface area contributed by atoms with Crippen LogP contribution in [0.4, 0.5) is 8.78 Å². The summed E-state index contributed by atoms with van der Waals surface area (Å²) >= 11 is 5.50. The van der Waals surface area contributed by atoms with Gasteiger partial charge in [0.25, 0.3) is 6.43 Å². The Morgan fingerprint density at radius 1 is 1.64 bits per heavy atom. The van der Waals surface area contributed by atoms with Gasteiger partial charge in [0.05, 0.1) is 17.7 Å². The molecule has 0 aliphatic rings. The lowest BCUT2D eigenvalue weighted by Crippen LogP contribution is -1.99. The van der Waals surface area contributed by atoms with E-state index in [1.165, 1.54) is 7.11 Å². The zero-order valence-corrected chi connectivity index (χ0v) is 7.85. The second kappa shape index (κ2) is 4.20. The maximum absolute atomic E-state index is 12.5. The van der Waals surface area contributed by atoms with Gasteiger partial charge in [-0.1, -0.05) is 11.6 Å². The smallest absolute Gasteiger partial charge is 0.269 e. The zero-order chi connectivity index (χ0) is 10.7. The van der Waals surface area contributed by atoms with Crippen molar-refractivity contribution in [3.8, 4) is 11.8 Å². The second-order valence-electron chi connectivity index (χ2n) is 2.31. The molecule has 0 atom stereocenters. The lowest BCUT2D eigenvalue weighted by Gasteiger charge is -2.09. The lowest BCUT2D eigenvalue weighted by atomic mass is 10.2. The van der Waals surface area contributed by atoms with E-state index in [2.05, 4.69) is 9.72 Å². The van der Waals surface area contributed by atoms with Crippen LogP contribution in [0.15, 0.2) is 6.20 Å². The van der Waals surface area contributed by atoms with Crippen LogP contribution in [0.1, 0.15) is 17.7 Å². The molecule has 0 radical (unpaired) electrons. The van der Waals surface area contributed by atoms with Crippen LogP contribution in [0.2, 0.25) is 5.02 Å². The van der Waals surface area contributed by atoms with E-state index in [0.717, 1.165) is 6.20 Å². The highest BCUT2D eigenvalue weighted by molar-refractivity contribution is 6.31. The molecular formula is C8H5ClF2N2O. The van der Waals surface area contributed by atoms with Crippen LogP contribution in [0.5, 0.6) is 5.75 Å². The van der Waals surface area contributed by atoms with E-state index >= 15 is 0 Å². The van der Waals surface area contributed by atoms with E-state index in [1.54, 1.807) is 6.07 Å². The molecule has 0 amide bonds. The first-order valence-corrected chi connectivity index (χ1v) is 3.90. The van der Waals surface area contributed by atoms with Gasteiger partial charge in [0.1, 0.15) is 6.07 Å². The summed E-state index contributed by atoms with van der Waals surface area (Å²) in [5.74, 6) is -0.269. The first kappa shape index (κ1) is 10.7. The van der Waals surface area contributed by atoms with Crippen molar-refractivity contribution in [3.63, 3.8) is 0 Å². The predicted octanol–water partition coefficient (Wildman–Crippen LogP) is 2.55. The molecule has 0 aromatic carbocycles. The van der Waals surface area contributed by atoms with Crippen molar-refractivity contribution in [2.45, 2.75) is 6.43 Å². The molecule has 1 aromatic heterocycles. The summed E-state index contributed by atoms with van der Waals surface area (Å²) in [6.45, 7) is 0. The Balaban J connectivity index is 3.45. The van der Waals surface area contributed by atoms with Gasteiger partial charge in [0.15, 0.2) is 11.4 Å². The van der Waals surface area contributed by atoms with Crippen LogP contribution in [-0.2, 0) is 0 Å². The topological polar surface area (TPSA) is 45.9 Å². The molecule has 14 heavy (non-hydrogen) atoms. The third-order valence-electron chi connectivity index (χ3n) is 1.55. The Morgan fingerprint density at radius 2 is 2.29 bits per heavy atom. The molecule has 1 aromatic rings.